The van der Waals surface area contributed by atoms with Crippen LogP contribution in [0, 0.1) is 0 Å². The fraction of sp³-hybridized carbons (Fsp3) is 0.500. The molecule has 3 aromatic rings. The number of aromatic nitrogens is 2. The van der Waals surface area contributed by atoms with E-state index in [0.717, 1.165) is 28.9 Å². The van der Waals surface area contributed by atoms with Crippen molar-refractivity contribution in [2.24, 2.45) is 0 Å². The molecule has 0 spiro atoms. The first kappa shape index (κ1) is 17.5. The number of piperidine rings is 1. The molecule has 1 fully saturated rings. The molecule has 5 nitrogen and oxygen atoms in total. The molecule has 138 valence electrons. The molecule has 0 bridgehead atoms. The second-order valence-corrected chi connectivity index (χ2v) is 8.40. The van der Waals surface area contributed by atoms with E-state index in [1.165, 1.54) is 24.1 Å². The Morgan fingerprint density at radius 2 is 2.00 bits per heavy atom. The van der Waals surface area contributed by atoms with Gasteiger partial charge in [0.15, 0.2) is 11.6 Å². The summed E-state index contributed by atoms with van der Waals surface area (Å²) in [6.07, 6.45) is 4.74. The Morgan fingerprint density at radius 3 is 2.69 bits per heavy atom. The van der Waals surface area contributed by atoms with Crippen molar-refractivity contribution in [2.45, 2.75) is 65.1 Å². The smallest absolute Gasteiger partial charge is 0.199 e. The summed E-state index contributed by atoms with van der Waals surface area (Å²) < 4.78 is 5.80. The molecule has 1 aliphatic rings. The predicted octanol–water partition coefficient (Wildman–Crippen LogP) is 4.86. The summed E-state index contributed by atoms with van der Waals surface area (Å²) in [6, 6.07) is 7.30. The number of hydrogen-bond acceptors (Lipinski definition) is 6. The zero-order valence-electron chi connectivity index (χ0n) is 15.7. The highest BCUT2D eigenvalue weighted by molar-refractivity contribution is 7.18. The number of likely N-dealkylation sites (tertiary alicyclic amines) is 1. The Labute approximate surface area is 158 Å². The predicted molar refractivity (Wildman–Crippen MR) is 107 cm³/mol. The van der Waals surface area contributed by atoms with Gasteiger partial charge in [0.1, 0.15) is 16.4 Å². The first-order valence-corrected chi connectivity index (χ1v) is 10.3. The fourth-order valence-corrected chi connectivity index (χ4v) is 4.88. The van der Waals surface area contributed by atoms with E-state index in [1.54, 1.807) is 11.3 Å². The van der Waals surface area contributed by atoms with Crippen LogP contribution >= 0.6 is 11.3 Å². The van der Waals surface area contributed by atoms with Crippen molar-refractivity contribution in [3.63, 3.8) is 0 Å². The number of furan rings is 1. The molecule has 0 unspecified atom stereocenters. The fourth-order valence-electron chi connectivity index (χ4n) is 3.84. The van der Waals surface area contributed by atoms with Crippen LogP contribution in [-0.2, 0) is 13.0 Å². The van der Waals surface area contributed by atoms with Crippen LogP contribution in [0.4, 0.5) is 5.82 Å². The molecule has 3 aromatic heterocycles. The lowest BCUT2D eigenvalue weighted by Crippen LogP contribution is -2.42. The summed E-state index contributed by atoms with van der Waals surface area (Å²) in [4.78, 5) is 14.0. The van der Waals surface area contributed by atoms with E-state index in [2.05, 4.69) is 36.7 Å². The highest BCUT2D eigenvalue weighted by atomic mass is 32.1. The van der Waals surface area contributed by atoms with Gasteiger partial charge in [-0.3, -0.25) is 4.90 Å². The summed E-state index contributed by atoms with van der Waals surface area (Å²) in [6.45, 7) is 7.68. The van der Waals surface area contributed by atoms with Crippen molar-refractivity contribution in [3.05, 3.63) is 28.8 Å². The molecule has 0 amide bonds. The number of fused-ring (bicyclic) bond motifs is 1. The average molecular weight is 371 g/mol. The number of nitrogen functional groups attached to an aromatic ring is 1. The van der Waals surface area contributed by atoms with Gasteiger partial charge in [-0.15, -0.1) is 11.3 Å². The van der Waals surface area contributed by atoms with Crippen molar-refractivity contribution >= 4 is 27.4 Å². The van der Waals surface area contributed by atoms with Gasteiger partial charge < -0.3 is 10.2 Å². The first-order chi connectivity index (χ1) is 12.5. The van der Waals surface area contributed by atoms with E-state index < -0.39 is 0 Å². The monoisotopic (exact) mass is 370 g/mol. The van der Waals surface area contributed by atoms with Crippen LogP contribution in [0.5, 0.6) is 0 Å². The first-order valence-electron chi connectivity index (χ1n) is 9.46. The standard InChI is InChI=1S/C20H26N4OS/c1-4-14-8-9-17(25-14)19-22-18(21)16-10-15(26-20(16)23-19)11-24-12(2)6-5-7-13(24)3/h8-10,12-13H,4-7,11H2,1-3H3,(H2,21,22,23)/t12-,13+. The molecule has 0 aliphatic carbocycles. The van der Waals surface area contributed by atoms with Gasteiger partial charge in [0.2, 0.25) is 0 Å². The van der Waals surface area contributed by atoms with Crippen LogP contribution in [0.2, 0.25) is 0 Å². The van der Waals surface area contributed by atoms with Gasteiger partial charge >= 0.3 is 0 Å². The third-order valence-corrected chi connectivity index (χ3v) is 6.43. The van der Waals surface area contributed by atoms with Gasteiger partial charge in [-0.05, 0) is 44.9 Å². The summed E-state index contributed by atoms with van der Waals surface area (Å²) >= 11 is 1.72. The van der Waals surface area contributed by atoms with Crippen molar-refractivity contribution in [3.8, 4) is 11.6 Å². The van der Waals surface area contributed by atoms with Gasteiger partial charge in [0, 0.05) is 29.9 Å². The molecule has 26 heavy (non-hydrogen) atoms. The van der Waals surface area contributed by atoms with Gasteiger partial charge in [0.05, 0.1) is 5.39 Å². The van der Waals surface area contributed by atoms with Crippen LogP contribution in [-0.4, -0.2) is 27.0 Å². The minimum absolute atomic E-state index is 0.529. The van der Waals surface area contributed by atoms with Crippen LogP contribution in [0.15, 0.2) is 22.6 Å². The van der Waals surface area contributed by atoms with Crippen molar-refractivity contribution in [1.82, 2.24) is 14.9 Å². The summed E-state index contributed by atoms with van der Waals surface area (Å²) in [7, 11) is 0. The molecule has 2 N–H and O–H groups in total. The molecule has 4 heterocycles. The molecular weight excluding hydrogens is 344 g/mol. The minimum Gasteiger partial charge on any atom is -0.458 e. The second-order valence-electron chi connectivity index (χ2n) is 7.28. The van der Waals surface area contributed by atoms with Crippen LogP contribution < -0.4 is 5.73 Å². The molecule has 1 saturated heterocycles. The van der Waals surface area contributed by atoms with E-state index in [1.807, 2.05) is 12.1 Å². The second kappa shape index (κ2) is 7.00. The van der Waals surface area contributed by atoms with Gasteiger partial charge in [-0.25, -0.2) is 9.97 Å². The third-order valence-electron chi connectivity index (χ3n) is 5.42. The number of anilines is 1. The Balaban J connectivity index is 1.65. The number of aryl methyl sites for hydroxylation is 1. The van der Waals surface area contributed by atoms with E-state index in [9.17, 15) is 0 Å². The van der Waals surface area contributed by atoms with Crippen LogP contribution in [0.3, 0.4) is 0 Å². The van der Waals surface area contributed by atoms with Crippen molar-refractivity contribution < 1.29 is 4.42 Å². The average Bonchev–Trinajstić information content (AvgIpc) is 3.25. The molecule has 2 atom stereocenters. The molecule has 1 aliphatic heterocycles. The molecule has 0 aromatic carbocycles. The normalized spacial score (nSPS) is 21.5. The van der Waals surface area contributed by atoms with Gasteiger partial charge in [0.25, 0.3) is 0 Å². The number of rotatable bonds is 4. The van der Waals surface area contributed by atoms with E-state index in [-0.39, 0.29) is 0 Å². The van der Waals surface area contributed by atoms with E-state index >= 15 is 0 Å². The molecule has 0 saturated carbocycles. The quantitative estimate of drug-likeness (QED) is 0.710. The van der Waals surface area contributed by atoms with Gasteiger partial charge in [-0.2, -0.15) is 0 Å². The number of nitrogens with zero attached hydrogens (tertiary/aromatic N) is 3. The zero-order chi connectivity index (χ0) is 18.3. The Hall–Kier alpha value is -1.92. The molecule has 0 radical (unpaired) electrons. The maximum Gasteiger partial charge on any atom is 0.199 e. The Bertz CT molecular complexity index is 906. The highest BCUT2D eigenvalue weighted by Crippen LogP contribution is 2.33. The van der Waals surface area contributed by atoms with Gasteiger partial charge in [-0.1, -0.05) is 13.3 Å². The summed E-state index contributed by atoms with van der Waals surface area (Å²) in [5.41, 5.74) is 6.24. The minimum atomic E-state index is 0.529. The molecular formula is C20H26N4OS. The largest absolute Gasteiger partial charge is 0.458 e. The summed E-state index contributed by atoms with van der Waals surface area (Å²) in [5.74, 6) is 2.72. The Morgan fingerprint density at radius 1 is 1.23 bits per heavy atom. The molecule has 6 heteroatoms. The summed E-state index contributed by atoms with van der Waals surface area (Å²) in [5, 5.41) is 0.952. The number of thiophene rings is 1. The van der Waals surface area contributed by atoms with Crippen LogP contribution in [0.25, 0.3) is 21.8 Å². The lowest BCUT2D eigenvalue weighted by molar-refractivity contribution is 0.0965. The maximum absolute atomic E-state index is 6.24. The highest BCUT2D eigenvalue weighted by Gasteiger charge is 2.25. The zero-order valence-corrected chi connectivity index (χ0v) is 16.5. The van der Waals surface area contributed by atoms with Crippen molar-refractivity contribution in [1.29, 1.82) is 0 Å². The molecule has 4 rings (SSSR count). The lowest BCUT2D eigenvalue weighted by Gasteiger charge is -2.38. The third kappa shape index (κ3) is 3.23. The van der Waals surface area contributed by atoms with E-state index in [0.29, 0.717) is 29.5 Å². The maximum atomic E-state index is 6.24. The van der Waals surface area contributed by atoms with Crippen molar-refractivity contribution in [2.75, 3.05) is 5.73 Å². The van der Waals surface area contributed by atoms with E-state index in [4.69, 9.17) is 15.1 Å². The Kier molecular flexibility index (Phi) is 4.71. The topological polar surface area (TPSA) is 68.2 Å². The van der Waals surface area contributed by atoms with Crippen LogP contribution in [0.1, 0.15) is 50.7 Å². The number of nitrogens with two attached hydrogens (primary N) is 1. The SMILES string of the molecule is CCc1ccc(-c2nc(N)c3cc(CN4[C@H](C)CCC[C@@H]4C)sc3n2)o1. The number of hydrogen-bond donors (Lipinski definition) is 1. The lowest BCUT2D eigenvalue weighted by atomic mass is 9.97.